The Morgan fingerprint density at radius 1 is 1.53 bits per heavy atom. The Hall–Kier alpha value is -2.48. The first kappa shape index (κ1) is 14.6. The van der Waals surface area contributed by atoms with Crippen molar-refractivity contribution >= 4 is 11.6 Å². The minimum absolute atomic E-state index is 0.0147. The van der Waals surface area contributed by atoms with Crippen molar-refractivity contribution in [3.8, 4) is 11.8 Å². The molecule has 0 heterocycles. The molecule has 1 amide bonds. The predicted octanol–water partition coefficient (Wildman–Crippen LogP) is 2.05. The zero-order valence-corrected chi connectivity index (χ0v) is 11.0. The number of nitriles is 1. The molecule has 0 saturated heterocycles. The highest BCUT2D eigenvalue weighted by Gasteiger charge is 2.07. The fraction of sp³-hybridized carbons (Fsp3) is 0.286. The van der Waals surface area contributed by atoms with Gasteiger partial charge >= 0.3 is 0 Å². The largest absolute Gasteiger partial charge is 0.508 e. The number of benzene rings is 1. The van der Waals surface area contributed by atoms with Crippen LogP contribution in [0, 0.1) is 18.3 Å². The molecule has 19 heavy (non-hydrogen) atoms. The lowest BCUT2D eigenvalue weighted by Gasteiger charge is -2.07. The Kier molecular flexibility index (Phi) is 5.42. The Labute approximate surface area is 112 Å². The number of hydrogen-bond acceptors (Lipinski definition) is 4. The maximum atomic E-state index is 11.6. The van der Waals surface area contributed by atoms with E-state index in [-0.39, 0.29) is 11.3 Å². The molecule has 0 spiro atoms. The van der Waals surface area contributed by atoms with E-state index in [1.54, 1.807) is 12.1 Å². The van der Waals surface area contributed by atoms with Gasteiger partial charge in [-0.25, -0.2) is 0 Å². The second-order valence-corrected chi connectivity index (χ2v) is 4.07. The molecule has 100 valence electrons. The van der Waals surface area contributed by atoms with Gasteiger partial charge in [0.2, 0.25) is 0 Å². The van der Waals surface area contributed by atoms with Gasteiger partial charge in [0, 0.05) is 18.4 Å². The van der Waals surface area contributed by atoms with Gasteiger partial charge in [0.25, 0.3) is 5.91 Å². The zero-order chi connectivity index (χ0) is 14.3. The summed E-state index contributed by atoms with van der Waals surface area (Å²) in [4.78, 5) is 11.6. The number of nitrogens with one attached hydrogen (secondary N) is 2. The van der Waals surface area contributed by atoms with Gasteiger partial charge in [-0.2, -0.15) is 5.26 Å². The molecule has 0 fully saturated rings. The highest BCUT2D eigenvalue weighted by Crippen LogP contribution is 2.20. The number of carbonyl (C=O) groups is 1. The van der Waals surface area contributed by atoms with Gasteiger partial charge in [-0.05, 0) is 37.1 Å². The molecule has 1 aromatic rings. The minimum atomic E-state index is -0.395. The molecule has 0 atom stereocenters. The van der Waals surface area contributed by atoms with Crippen LogP contribution in [0.1, 0.15) is 18.9 Å². The molecule has 5 nitrogen and oxygen atoms in total. The number of carbonyl (C=O) groups excluding carboxylic acids is 1. The normalized spacial score (nSPS) is 10.7. The number of amides is 1. The topological polar surface area (TPSA) is 85.2 Å². The Balaban J connectivity index is 2.77. The van der Waals surface area contributed by atoms with Gasteiger partial charge in [0.1, 0.15) is 17.4 Å². The summed E-state index contributed by atoms with van der Waals surface area (Å²) >= 11 is 0. The van der Waals surface area contributed by atoms with E-state index in [0.29, 0.717) is 6.54 Å². The fourth-order valence-electron chi connectivity index (χ4n) is 1.44. The van der Waals surface area contributed by atoms with Gasteiger partial charge in [-0.15, -0.1) is 0 Å². The van der Waals surface area contributed by atoms with E-state index in [4.69, 9.17) is 5.26 Å². The number of nitrogens with zero attached hydrogens (tertiary/aromatic N) is 1. The Morgan fingerprint density at radius 2 is 2.26 bits per heavy atom. The van der Waals surface area contributed by atoms with Crippen LogP contribution in [0.4, 0.5) is 5.69 Å². The molecule has 3 N–H and O–H groups in total. The Morgan fingerprint density at radius 3 is 2.84 bits per heavy atom. The first-order valence-corrected chi connectivity index (χ1v) is 6.03. The monoisotopic (exact) mass is 259 g/mol. The molecule has 1 aromatic carbocycles. The van der Waals surface area contributed by atoms with Gasteiger partial charge in [0.05, 0.1) is 0 Å². The van der Waals surface area contributed by atoms with Crippen molar-refractivity contribution < 1.29 is 9.90 Å². The molecule has 5 heteroatoms. The number of phenols is 1. The van der Waals surface area contributed by atoms with Crippen LogP contribution in [0.5, 0.6) is 5.75 Å². The van der Waals surface area contributed by atoms with Crippen molar-refractivity contribution in [2.24, 2.45) is 0 Å². The lowest BCUT2D eigenvalue weighted by atomic mass is 10.2. The third kappa shape index (κ3) is 4.36. The second-order valence-electron chi connectivity index (χ2n) is 4.07. The molecular weight excluding hydrogens is 242 g/mol. The summed E-state index contributed by atoms with van der Waals surface area (Å²) in [5.41, 5.74) is 1.57. The van der Waals surface area contributed by atoms with Crippen molar-refractivity contribution in [2.45, 2.75) is 20.3 Å². The standard InChI is InChI=1S/C14H17N3O2/c1-3-6-16-14(19)11(8-15)9-17-13-5-4-12(18)7-10(13)2/h4-5,7,9,17-18H,3,6H2,1-2H3,(H,16,19)/b11-9-. The maximum Gasteiger partial charge on any atom is 0.263 e. The van der Waals surface area contributed by atoms with Crippen molar-refractivity contribution in [1.82, 2.24) is 5.32 Å². The minimum Gasteiger partial charge on any atom is -0.508 e. The molecule has 0 saturated carbocycles. The number of aryl methyl sites for hydroxylation is 1. The zero-order valence-electron chi connectivity index (χ0n) is 11.0. The molecular formula is C14H17N3O2. The lowest BCUT2D eigenvalue weighted by Crippen LogP contribution is -2.25. The fourth-order valence-corrected chi connectivity index (χ4v) is 1.44. The van der Waals surface area contributed by atoms with E-state index in [9.17, 15) is 9.90 Å². The molecule has 0 aliphatic carbocycles. The van der Waals surface area contributed by atoms with Gasteiger partial charge in [-0.1, -0.05) is 6.92 Å². The van der Waals surface area contributed by atoms with E-state index in [1.807, 2.05) is 19.9 Å². The number of rotatable bonds is 5. The quantitative estimate of drug-likeness (QED) is 0.429. The summed E-state index contributed by atoms with van der Waals surface area (Å²) in [7, 11) is 0. The summed E-state index contributed by atoms with van der Waals surface area (Å²) in [6.07, 6.45) is 2.18. The Bertz CT molecular complexity index is 530. The van der Waals surface area contributed by atoms with E-state index in [0.717, 1.165) is 17.7 Å². The molecule has 1 rings (SSSR count). The highest BCUT2D eigenvalue weighted by atomic mass is 16.3. The van der Waals surface area contributed by atoms with Crippen molar-refractivity contribution in [3.63, 3.8) is 0 Å². The molecule has 0 bridgehead atoms. The second kappa shape index (κ2) is 7.07. The van der Waals surface area contributed by atoms with E-state index < -0.39 is 5.91 Å². The molecule has 0 aromatic heterocycles. The summed E-state index contributed by atoms with van der Waals surface area (Å²) in [5, 5.41) is 23.7. The van der Waals surface area contributed by atoms with Crippen molar-refractivity contribution in [3.05, 3.63) is 35.5 Å². The van der Waals surface area contributed by atoms with Crippen LogP contribution in [0.25, 0.3) is 0 Å². The average molecular weight is 259 g/mol. The van der Waals surface area contributed by atoms with Gasteiger partial charge in [0.15, 0.2) is 0 Å². The summed E-state index contributed by atoms with van der Waals surface area (Å²) in [6.45, 7) is 4.29. The highest BCUT2D eigenvalue weighted by molar-refractivity contribution is 5.97. The first-order valence-electron chi connectivity index (χ1n) is 6.03. The number of phenolic OH excluding ortho intramolecular Hbond substituents is 1. The lowest BCUT2D eigenvalue weighted by molar-refractivity contribution is -0.117. The van der Waals surface area contributed by atoms with Crippen LogP contribution >= 0.6 is 0 Å². The first-order chi connectivity index (χ1) is 9.08. The third-order valence-corrected chi connectivity index (χ3v) is 2.48. The van der Waals surface area contributed by atoms with Crippen molar-refractivity contribution in [2.75, 3.05) is 11.9 Å². The maximum absolute atomic E-state index is 11.6. The average Bonchev–Trinajstić information content (AvgIpc) is 2.39. The smallest absolute Gasteiger partial charge is 0.263 e. The molecule has 0 unspecified atom stereocenters. The van der Waals surface area contributed by atoms with E-state index in [2.05, 4.69) is 10.6 Å². The molecule has 0 aliphatic rings. The summed E-state index contributed by atoms with van der Waals surface area (Å²) < 4.78 is 0. The SMILES string of the molecule is CCCNC(=O)/C(C#N)=C\Nc1ccc(O)cc1C. The third-order valence-electron chi connectivity index (χ3n) is 2.48. The predicted molar refractivity (Wildman–Crippen MR) is 73.5 cm³/mol. The number of hydrogen-bond donors (Lipinski definition) is 3. The molecule has 0 aliphatic heterocycles. The van der Waals surface area contributed by atoms with Crippen LogP contribution in [-0.2, 0) is 4.79 Å². The van der Waals surface area contributed by atoms with Gasteiger partial charge in [-0.3, -0.25) is 4.79 Å². The van der Waals surface area contributed by atoms with Crippen LogP contribution in [0.3, 0.4) is 0 Å². The summed E-state index contributed by atoms with van der Waals surface area (Å²) in [6, 6.07) is 6.66. The van der Waals surface area contributed by atoms with E-state index in [1.165, 1.54) is 12.3 Å². The van der Waals surface area contributed by atoms with Crippen LogP contribution in [-0.4, -0.2) is 17.6 Å². The number of aromatic hydroxyl groups is 1. The van der Waals surface area contributed by atoms with E-state index >= 15 is 0 Å². The van der Waals surface area contributed by atoms with Crippen LogP contribution in [0.15, 0.2) is 30.0 Å². The van der Waals surface area contributed by atoms with Crippen LogP contribution < -0.4 is 10.6 Å². The summed E-state index contributed by atoms with van der Waals surface area (Å²) in [5.74, 6) is -0.221. The number of anilines is 1. The molecule has 0 radical (unpaired) electrons. The van der Waals surface area contributed by atoms with Crippen LogP contribution in [0.2, 0.25) is 0 Å². The van der Waals surface area contributed by atoms with Crippen molar-refractivity contribution in [1.29, 1.82) is 5.26 Å². The van der Waals surface area contributed by atoms with Gasteiger partial charge < -0.3 is 15.7 Å².